The summed E-state index contributed by atoms with van der Waals surface area (Å²) in [5, 5.41) is 0. The van der Waals surface area contributed by atoms with E-state index in [2.05, 4.69) is 15.9 Å². The maximum atomic E-state index is 11.5. The molecule has 1 saturated heterocycles. The number of nitrogens with zero attached hydrogens (tertiary/aromatic N) is 1. The van der Waals surface area contributed by atoms with Crippen molar-refractivity contribution in [2.45, 2.75) is 26.1 Å². The molecule has 2 atom stereocenters. The number of ether oxygens (including phenoxy) is 1. The number of hydrogen-bond acceptors (Lipinski definition) is 3. The summed E-state index contributed by atoms with van der Waals surface area (Å²) in [6.07, 6.45) is -0.0323. The van der Waals surface area contributed by atoms with Crippen LogP contribution in [0.4, 0.5) is 0 Å². The highest BCUT2D eigenvalue weighted by atomic mass is 79.9. The van der Waals surface area contributed by atoms with Gasteiger partial charge in [-0.2, -0.15) is 4.31 Å². The smallest absolute Gasteiger partial charge is 0.224 e. The molecule has 0 N–H and O–H groups in total. The first-order valence-corrected chi connectivity index (χ1v) is 6.88. The molecule has 78 valence electrons. The summed E-state index contributed by atoms with van der Waals surface area (Å²) in [5.74, 6) is 0. The molecule has 6 heteroatoms. The number of hydrogen-bond donors (Lipinski definition) is 0. The fraction of sp³-hybridized carbons (Fsp3) is 1.00. The van der Waals surface area contributed by atoms with Crippen LogP contribution in [0.15, 0.2) is 0 Å². The molecule has 1 fully saturated rings. The lowest BCUT2D eigenvalue weighted by Gasteiger charge is -2.33. The summed E-state index contributed by atoms with van der Waals surface area (Å²) in [7, 11) is -3.12. The molecular formula is C7H14BrNO3S. The first-order chi connectivity index (χ1) is 5.95. The topological polar surface area (TPSA) is 46.6 Å². The van der Waals surface area contributed by atoms with E-state index in [4.69, 9.17) is 4.74 Å². The first kappa shape index (κ1) is 11.4. The number of halogens is 1. The SMILES string of the molecule is C[C@@H]1CN(S(=O)(=O)CBr)C[C@H](C)O1. The van der Waals surface area contributed by atoms with Crippen molar-refractivity contribution in [3.63, 3.8) is 0 Å². The average molecular weight is 272 g/mol. The fourth-order valence-corrected chi connectivity index (χ4v) is 3.31. The van der Waals surface area contributed by atoms with E-state index in [9.17, 15) is 8.42 Å². The Labute approximate surface area is 87.4 Å². The lowest BCUT2D eigenvalue weighted by atomic mass is 10.3. The minimum atomic E-state index is -3.12. The van der Waals surface area contributed by atoms with Crippen LogP contribution in [0.5, 0.6) is 0 Å². The van der Waals surface area contributed by atoms with Gasteiger partial charge < -0.3 is 4.74 Å². The molecule has 4 nitrogen and oxygen atoms in total. The van der Waals surface area contributed by atoms with Gasteiger partial charge in [0.05, 0.1) is 12.2 Å². The van der Waals surface area contributed by atoms with Gasteiger partial charge in [0.15, 0.2) is 0 Å². The van der Waals surface area contributed by atoms with E-state index in [1.807, 2.05) is 13.8 Å². The molecule has 0 saturated carbocycles. The summed E-state index contributed by atoms with van der Waals surface area (Å²) < 4.78 is 29.8. The number of sulfonamides is 1. The summed E-state index contributed by atoms with van der Waals surface area (Å²) in [6.45, 7) is 4.68. The predicted octanol–water partition coefficient (Wildman–Crippen LogP) is 0.778. The Kier molecular flexibility index (Phi) is 3.73. The summed E-state index contributed by atoms with van der Waals surface area (Å²) in [4.78, 5) is 0. The van der Waals surface area contributed by atoms with Crippen LogP contribution in [0.25, 0.3) is 0 Å². The van der Waals surface area contributed by atoms with Gasteiger partial charge in [-0.1, -0.05) is 15.9 Å². The Balaban J connectivity index is 2.71. The molecule has 0 spiro atoms. The van der Waals surface area contributed by atoms with Crippen molar-refractivity contribution in [1.29, 1.82) is 0 Å². The predicted molar refractivity (Wildman–Crippen MR) is 54.3 cm³/mol. The average Bonchev–Trinajstić information content (AvgIpc) is 2.02. The zero-order valence-corrected chi connectivity index (χ0v) is 10.1. The van der Waals surface area contributed by atoms with E-state index >= 15 is 0 Å². The maximum Gasteiger partial charge on any atom is 0.224 e. The van der Waals surface area contributed by atoms with Crippen LogP contribution in [0.1, 0.15) is 13.8 Å². The van der Waals surface area contributed by atoms with Gasteiger partial charge in [0.1, 0.15) is 4.66 Å². The first-order valence-electron chi connectivity index (χ1n) is 4.15. The Morgan fingerprint density at radius 3 is 2.23 bits per heavy atom. The van der Waals surface area contributed by atoms with Crippen LogP contribution in [-0.4, -0.2) is 42.7 Å². The van der Waals surface area contributed by atoms with Gasteiger partial charge in [0.25, 0.3) is 0 Å². The highest BCUT2D eigenvalue weighted by Crippen LogP contribution is 2.15. The van der Waals surface area contributed by atoms with E-state index in [1.165, 1.54) is 4.31 Å². The van der Waals surface area contributed by atoms with E-state index in [1.54, 1.807) is 0 Å². The summed E-state index contributed by atoms with van der Waals surface area (Å²) in [5.41, 5.74) is 0. The molecule has 0 aromatic heterocycles. The highest BCUT2D eigenvalue weighted by molar-refractivity contribution is 9.10. The highest BCUT2D eigenvalue weighted by Gasteiger charge is 2.29. The van der Waals surface area contributed by atoms with Crippen molar-refractivity contribution >= 4 is 26.0 Å². The second-order valence-corrected chi connectivity index (χ2v) is 6.57. The van der Waals surface area contributed by atoms with Gasteiger partial charge >= 0.3 is 0 Å². The van der Waals surface area contributed by atoms with E-state index in [0.29, 0.717) is 13.1 Å². The molecule has 0 radical (unpaired) electrons. The lowest BCUT2D eigenvalue weighted by molar-refractivity contribution is -0.0439. The monoisotopic (exact) mass is 271 g/mol. The van der Waals surface area contributed by atoms with Crippen LogP contribution in [0.3, 0.4) is 0 Å². The molecule has 0 aromatic carbocycles. The second-order valence-electron chi connectivity index (χ2n) is 3.30. The minimum absolute atomic E-state index is 0.0144. The zero-order valence-electron chi connectivity index (χ0n) is 7.73. The lowest BCUT2D eigenvalue weighted by Crippen LogP contribution is -2.48. The Bertz CT molecular complexity index is 257. The molecular weight excluding hydrogens is 258 g/mol. The molecule has 0 aromatic rings. The van der Waals surface area contributed by atoms with Crippen LogP contribution in [-0.2, 0) is 14.8 Å². The van der Waals surface area contributed by atoms with Crippen LogP contribution in [0, 0.1) is 0 Å². The molecule has 0 unspecified atom stereocenters. The third kappa shape index (κ3) is 2.90. The van der Waals surface area contributed by atoms with Gasteiger partial charge in [-0.05, 0) is 13.8 Å². The Hall–Kier alpha value is 0.350. The Morgan fingerprint density at radius 2 is 1.85 bits per heavy atom. The van der Waals surface area contributed by atoms with Crippen molar-refractivity contribution < 1.29 is 13.2 Å². The van der Waals surface area contributed by atoms with Gasteiger partial charge in [-0.15, -0.1) is 0 Å². The molecule has 1 heterocycles. The zero-order chi connectivity index (χ0) is 10.1. The number of rotatable bonds is 2. The van der Waals surface area contributed by atoms with Crippen molar-refractivity contribution in [2.24, 2.45) is 0 Å². The van der Waals surface area contributed by atoms with E-state index in [-0.39, 0.29) is 16.9 Å². The van der Waals surface area contributed by atoms with Gasteiger partial charge in [-0.3, -0.25) is 0 Å². The second kappa shape index (κ2) is 4.25. The number of morpholine rings is 1. The standard InChI is InChI=1S/C7H14BrNO3S/c1-6-3-9(4-7(2)12-6)13(10,11)5-8/h6-7H,3-5H2,1-2H3/t6-,7+. The molecule has 1 rings (SSSR count). The molecule has 0 amide bonds. The van der Waals surface area contributed by atoms with Crippen LogP contribution >= 0.6 is 15.9 Å². The fourth-order valence-electron chi connectivity index (χ4n) is 1.43. The molecule has 13 heavy (non-hydrogen) atoms. The van der Waals surface area contributed by atoms with Crippen LogP contribution < -0.4 is 0 Å². The normalized spacial score (nSPS) is 31.9. The third-order valence-electron chi connectivity index (χ3n) is 1.92. The van der Waals surface area contributed by atoms with Crippen molar-refractivity contribution in [2.75, 3.05) is 17.8 Å². The van der Waals surface area contributed by atoms with E-state index < -0.39 is 10.0 Å². The van der Waals surface area contributed by atoms with Gasteiger partial charge in [-0.25, -0.2) is 8.42 Å². The molecule has 1 aliphatic rings. The Morgan fingerprint density at radius 1 is 1.38 bits per heavy atom. The summed E-state index contributed by atoms with van der Waals surface area (Å²) in [6, 6.07) is 0. The summed E-state index contributed by atoms with van der Waals surface area (Å²) >= 11 is 2.98. The van der Waals surface area contributed by atoms with Crippen molar-refractivity contribution in [1.82, 2.24) is 4.31 Å². The minimum Gasteiger partial charge on any atom is -0.373 e. The maximum absolute atomic E-state index is 11.5. The van der Waals surface area contributed by atoms with Gasteiger partial charge in [0, 0.05) is 13.1 Å². The van der Waals surface area contributed by atoms with E-state index in [0.717, 1.165) is 0 Å². The molecule has 1 aliphatic heterocycles. The quantitative estimate of drug-likeness (QED) is 0.698. The van der Waals surface area contributed by atoms with Crippen LogP contribution in [0.2, 0.25) is 0 Å². The van der Waals surface area contributed by atoms with Crippen molar-refractivity contribution in [3.05, 3.63) is 0 Å². The molecule has 0 bridgehead atoms. The van der Waals surface area contributed by atoms with Crippen molar-refractivity contribution in [3.8, 4) is 0 Å². The third-order valence-corrected chi connectivity index (χ3v) is 5.01. The molecule has 0 aliphatic carbocycles. The number of alkyl halides is 1. The van der Waals surface area contributed by atoms with Gasteiger partial charge in [0.2, 0.25) is 10.0 Å². The largest absolute Gasteiger partial charge is 0.373 e.